The number of aliphatic hydroxyl groups is 1. The number of non-ortho nitro benzene ring substituents is 1. The topological polar surface area (TPSA) is 138 Å². The molecule has 0 radical (unpaired) electrons. The number of carbonyl (C=O) groups excluding carboxylic acids is 1. The number of benzene rings is 1. The molecule has 3 unspecified atom stereocenters. The van der Waals surface area contributed by atoms with Gasteiger partial charge in [-0.25, -0.2) is 0 Å². The Morgan fingerprint density at radius 1 is 1.36 bits per heavy atom. The zero-order chi connectivity index (χ0) is 18.4. The van der Waals surface area contributed by atoms with E-state index in [1.54, 1.807) is 0 Å². The maximum atomic E-state index is 12.4. The van der Waals surface area contributed by atoms with Gasteiger partial charge in [0.25, 0.3) is 11.2 Å². The number of methoxy groups -OCH3 is 1. The van der Waals surface area contributed by atoms with Crippen LogP contribution < -0.4 is 5.56 Å². The van der Waals surface area contributed by atoms with Gasteiger partial charge in [0.15, 0.2) is 0 Å². The number of nitrogens with zero attached hydrogens (tertiary/aromatic N) is 1. The van der Waals surface area contributed by atoms with Gasteiger partial charge in [-0.05, 0) is 12.5 Å². The number of esters is 1. The fourth-order valence-corrected chi connectivity index (χ4v) is 3.55. The number of hydrogen-bond donors (Lipinski definition) is 3. The molecule has 3 rings (SSSR count). The maximum Gasteiger partial charge on any atom is 0.312 e. The van der Waals surface area contributed by atoms with Crippen LogP contribution in [0.15, 0.2) is 29.1 Å². The molecule has 0 amide bonds. The molecule has 25 heavy (non-hydrogen) atoms. The summed E-state index contributed by atoms with van der Waals surface area (Å²) in [6.07, 6.45) is 0.0737. The van der Waals surface area contributed by atoms with Crippen molar-refractivity contribution in [3.63, 3.8) is 0 Å². The third kappa shape index (κ3) is 2.72. The summed E-state index contributed by atoms with van der Waals surface area (Å²) in [6, 6.07) is 5.56. The first-order valence-corrected chi connectivity index (χ1v) is 7.60. The number of H-pyrrole nitrogens is 2. The molecule has 0 fully saturated rings. The molecule has 0 aliphatic heterocycles. The summed E-state index contributed by atoms with van der Waals surface area (Å²) in [5.41, 5.74) is -0.633. The van der Waals surface area contributed by atoms with Gasteiger partial charge < -0.3 is 14.9 Å². The number of nitro benzene ring substituents is 1. The predicted octanol–water partition coefficient (Wildman–Crippen LogP) is 0.839. The minimum absolute atomic E-state index is 0.0737. The lowest BCUT2D eigenvalue weighted by atomic mass is 9.66. The minimum Gasteiger partial charge on any atom is -0.469 e. The number of aromatic amines is 2. The number of carbonyl (C=O) groups is 1. The van der Waals surface area contributed by atoms with Crippen LogP contribution in [0.4, 0.5) is 5.69 Å². The van der Waals surface area contributed by atoms with Crippen LogP contribution in [-0.2, 0) is 16.0 Å². The Labute approximate surface area is 141 Å². The average molecular weight is 347 g/mol. The van der Waals surface area contributed by atoms with Crippen LogP contribution in [0.1, 0.15) is 29.7 Å². The second-order valence-corrected chi connectivity index (χ2v) is 6.33. The Morgan fingerprint density at radius 2 is 2.00 bits per heavy atom. The van der Waals surface area contributed by atoms with Gasteiger partial charge in [0.2, 0.25) is 0 Å². The summed E-state index contributed by atoms with van der Waals surface area (Å²) in [6.45, 7) is 1.50. The van der Waals surface area contributed by atoms with Gasteiger partial charge in [0.05, 0.1) is 23.6 Å². The van der Waals surface area contributed by atoms with Gasteiger partial charge in [-0.3, -0.25) is 24.8 Å². The molecule has 0 saturated carbocycles. The number of hydrogen-bond acceptors (Lipinski definition) is 6. The lowest BCUT2D eigenvalue weighted by Gasteiger charge is -2.40. The molecule has 9 heteroatoms. The monoisotopic (exact) mass is 347 g/mol. The first-order chi connectivity index (χ1) is 11.8. The first-order valence-electron chi connectivity index (χ1n) is 7.60. The lowest BCUT2D eigenvalue weighted by molar-refractivity contribution is -0.384. The van der Waals surface area contributed by atoms with E-state index in [2.05, 4.69) is 10.2 Å². The number of rotatable bonds is 3. The van der Waals surface area contributed by atoms with Gasteiger partial charge in [0.1, 0.15) is 0 Å². The van der Waals surface area contributed by atoms with Crippen LogP contribution in [0.2, 0.25) is 0 Å². The van der Waals surface area contributed by atoms with Crippen LogP contribution in [0.5, 0.6) is 0 Å². The largest absolute Gasteiger partial charge is 0.469 e. The Hall–Kier alpha value is -2.94. The number of nitro groups is 1. The highest BCUT2D eigenvalue weighted by Gasteiger charge is 2.51. The van der Waals surface area contributed by atoms with Crippen molar-refractivity contribution in [1.82, 2.24) is 10.2 Å². The normalized spacial score (nSPS) is 25.2. The fourth-order valence-electron chi connectivity index (χ4n) is 3.55. The highest BCUT2D eigenvalue weighted by Crippen LogP contribution is 2.44. The second kappa shape index (κ2) is 5.85. The Morgan fingerprint density at radius 3 is 2.56 bits per heavy atom. The molecule has 132 valence electrons. The van der Waals surface area contributed by atoms with Crippen molar-refractivity contribution in [2.75, 3.05) is 7.11 Å². The van der Waals surface area contributed by atoms with Crippen molar-refractivity contribution < 1.29 is 19.6 Å². The second-order valence-electron chi connectivity index (χ2n) is 6.33. The molecule has 3 N–H and O–H groups in total. The van der Waals surface area contributed by atoms with Crippen molar-refractivity contribution >= 4 is 11.7 Å². The van der Waals surface area contributed by atoms with Gasteiger partial charge in [-0.1, -0.05) is 12.1 Å². The predicted molar refractivity (Wildman–Crippen MR) is 86.2 cm³/mol. The summed E-state index contributed by atoms with van der Waals surface area (Å²) >= 11 is 0. The first kappa shape index (κ1) is 16.9. The van der Waals surface area contributed by atoms with Crippen molar-refractivity contribution in [1.29, 1.82) is 0 Å². The van der Waals surface area contributed by atoms with E-state index >= 15 is 0 Å². The van der Waals surface area contributed by atoms with E-state index in [1.807, 2.05) is 0 Å². The molecule has 1 aromatic heterocycles. The van der Waals surface area contributed by atoms with Crippen LogP contribution in [0.25, 0.3) is 0 Å². The highest BCUT2D eigenvalue weighted by atomic mass is 16.6. The third-order valence-electron chi connectivity index (χ3n) is 4.66. The van der Waals surface area contributed by atoms with E-state index in [9.17, 15) is 24.8 Å². The molecule has 3 atom stereocenters. The quantitative estimate of drug-likeness (QED) is 0.427. The lowest BCUT2D eigenvalue weighted by Crippen LogP contribution is -2.49. The van der Waals surface area contributed by atoms with Gasteiger partial charge in [0, 0.05) is 35.7 Å². The summed E-state index contributed by atoms with van der Waals surface area (Å²) in [7, 11) is 1.21. The Bertz CT molecular complexity index is 880. The van der Waals surface area contributed by atoms with E-state index in [0.717, 1.165) is 0 Å². The summed E-state index contributed by atoms with van der Waals surface area (Å²) in [4.78, 5) is 35.0. The average Bonchev–Trinajstić information content (AvgIpc) is 2.92. The molecule has 1 aliphatic rings. The van der Waals surface area contributed by atoms with E-state index in [0.29, 0.717) is 16.8 Å². The SMILES string of the molecule is COC(=O)C1C(c2ccc([N+](=O)[O-])cc2)c2c([nH][nH]c2=O)CC1(C)O. The van der Waals surface area contributed by atoms with Gasteiger partial charge in [-0.15, -0.1) is 0 Å². The van der Waals surface area contributed by atoms with Crippen LogP contribution in [0, 0.1) is 16.0 Å². The van der Waals surface area contributed by atoms with Gasteiger partial charge in [-0.2, -0.15) is 0 Å². The molecule has 0 bridgehead atoms. The molecule has 1 aromatic carbocycles. The van der Waals surface area contributed by atoms with Crippen molar-refractivity contribution in [3.05, 3.63) is 61.6 Å². The molecule has 0 saturated heterocycles. The smallest absolute Gasteiger partial charge is 0.312 e. The molecular weight excluding hydrogens is 330 g/mol. The molecule has 1 aliphatic carbocycles. The zero-order valence-electron chi connectivity index (χ0n) is 13.6. The molecule has 0 spiro atoms. The number of ether oxygens (including phenoxy) is 1. The number of aromatic nitrogens is 2. The molecule has 1 heterocycles. The highest BCUT2D eigenvalue weighted by molar-refractivity contribution is 5.77. The zero-order valence-corrected chi connectivity index (χ0v) is 13.6. The maximum absolute atomic E-state index is 12.4. The third-order valence-corrected chi connectivity index (χ3v) is 4.66. The van der Waals surface area contributed by atoms with Crippen molar-refractivity contribution in [2.45, 2.75) is 24.9 Å². The fraction of sp³-hybridized carbons (Fsp3) is 0.375. The van der Waals surface area contributed by atoms with E-state index in [-0.39, 0.29) is 12.1 Å². The van der Waals surface area contributed by atoms with Crippen LogP contribution in [0.3, 0.4) is 0 Å². The number of nitrogens with one attached hydrogen (secondary N) is 2. The molecule has 9 nitrogen and oxygen atoms in total. The standard InChI is InChI=1S/C16H17N3O6/c1-16(22)7-10-12(14(20)18-17-10)11(13(16)15(21)25-2)8-3-5-9(6-4-8)19(23)24/h3-6,11,13,22H,7H2,1-2H3,(H2,17,18,20). The Kier molecular flexibility index (Phi) is 3.96. The van der Waals surface area contributed by atoms with Gasteiger partial charge >= 0.3 is 5.97 Å². The molecular formula is C16H17N3O6. The van der Waals surface area contributed by atoms with Crippen molar-refractivity contribution in [2.24, 2.45) is 5.92 Å². The van der Waals surface area contributed by atoms with Crippen LogP contribution >= 0.6 is 0 Å². The van der Waals surface area contributed by atoms with E-state index in [4.69, 9.17) is 4.74 Å². The van der Waals surface area contributed by atoms with E-state index in [1.165, 1.54) is 38.3 Å². The van der Waals surface area contributed by atoms with Crippen molar-refractivity contribution in [3.8, 4) is 0 Å². The molecule has 2 aromatic rings. The summed E-state index contributed by atoms with van der Waals surface area (Å²) in [5, 5.41) is 26.9. The minimum atomic E-state index is -1.46. The summed E-state index contributed by atoms with van der Waals surface area (Å²) < 4.78 is 4.84. The Balaban J connectivity index is 2.20. The summed E-state index contributed by atoms with van der Waals surface area (Å²) in [5.74, 6) is -2.47. The van der Waals surface area contributed by atoms with E-state index < -0.39 is 33.9 Å². The number of fused-ring (bicyclic) bond motifs is 1. The van der Waals surface area contributed by atoms with Crippen LogP contribution in [-0.4, -0.2) is 38.9 Å².